The van der Waals surface area contributed by atoms with Crippen LogP contribution in [0.2, 0.25) is 0 Å². The summed E-state index contributed by atoms with van der Waals surface area (Å²) in [6.07, 6.45) is 0. The second-order valence-corrected chi connectivity index (χ2v) is 7.66. The van der Waals surface area contributed by atoms with Gasteiger partial charge in [0.1, 0.15) is 5.75 Å². The minimum atomic E-state index is -0.372. The lowest BCUT2D eigenvalue weighted by molar-refractivity contribution is -0.115. The summed E-state index contributed by atoms with van der Waals surface area (Å²) in [7, 11) is 0. The van der Waals surface area contributed by atoms with Crippen molar-refractivity contribution in [2.24, 2.45) is 0 Å². The third kappa shape index (κ3) is 4.69. The van der Waals surface area contributed by atoms with Gasteiger partial charge in [0.2, 0.25) is 11.1 Å². The molecule has 0 spiro atoms. The summed E-state index contributed by atoms with van der Waals surface area (Å²) >= 11 is 1.31. The molecule has 0 radical (unpaired) electrons. The van der Waals surface area contributed by atoms with Crippen molar-refractivity contribution >= 4 is 23.4 Å². The molecule has 28 heavy (non-hydrogen) atoms. The lowest BCUT2D eigenvalue weighted by atomic mass is 10.1. The van der Waals surface area contributed by atoms with Crippen molar-refractivity contribution in [1.29, 1.82) is 0 Å². The number of hydrogen-bond acceptors (Lipinski definition) is 6. The molecule has 1 N–H and O–H groups in total. The van der Waals surface area contributed by atoms with Gasteiger partial charge < -0.3 is 10.1 Å². The number of amides is 1. The van der Waals surface area contributed by atoms with Crippen LogP contribution in [0.3, 0.4) is 0 Å². The summed E-state index contributed by atoms with van der Waals surface area (Å²) in [6, 6.07) is 13.3. The normalized spacial score (nSPS) is 11.9. The summed E-state index contributed by atoms with van der Waals surface area (Å²) in [4.78, 5) is 12.6. The molecule has 0 unspecified atom stereocenters. The Kier molecular flexibility index (Phi) is 6.30. The van der Waals surface area contributed by atoms with Crippen molar-refractivity contribution in [1.82, 2.24) is 20.2 Å². The molecule has 1 heterocycles. The van der Waals surface area contributed by atoms with Crippen LogP contribution in [-0.2, 0) is 4.79 Å². The van der Waals surface area contributed by atoms with Gasteiger partial charge in [0.15, 0.2) is 0 Å². The van der Waals surface area contributed by atoms with Crippen molar-refractivity contribution in [3.05, 3.63) is 53.6 Å². The van der Waals surface area contributed by atoms with E-state index in [2.05, 4.69) is 27.8 Å². The third-order valence-electron chi connectivity index (χ3n) is 4.26. The van der Waals surface area contributed by atoms with Crippen molar-refractivity contribution in [2.45, 2.75) is 38.1 Å². The van der Waals surface area contributed by atoms with E-state index in [1.165, 1.54) is 17.3 Å². The first-order chi connectivity index (χ1) is 13.5. The second kappa shape index (κ2) is 8.88. The van der Waals surface area contributed by atoms with E-state index >= 15 is 0 Å². The van der Waals surface area contributed by atoms with Gasteiger partial charge in [-0.05, 0) is 85.6 Å². The topological polar surface area (TPSA) is 81.9 Å². The first kappa shape index (κ1) is 19.9. The average Bonchev–Trinajstić information content (AvgIpc) is 3.14. The van der Waals surface area contributed by atoms with Gasteiger partial charge in [0.25, 0.3) is 0 Å². The van der Waals surface area contributed by atoms with Crippen LogP contribution in [0, 0.1) is 13.8 Å². The van der Waals surface area contributed by atoms with E-state index in [1.807, 2.05) is 63.2 Å². The summed E-state index contributed by atoms with van der Waals surface area (Å²) in [6.45, 7) is 8.47. The monoisotopic (exact) mass is 397 g/mol. The number of aryl methyl sites for hydroxylation is 2. The van der Waals surface area contributed by atoms with Crippen LogP contribution in [0.5, 0.6) is 5.75 Å². The molecule has 0 fully saturated rings. The van der Waals surface area contributed by atoms with Crippen LogP contribution < -0.4 is 10.1 Å². The standard InChI is InChI=1S/C20H23N5O2S/c1-5-27-18-10-7-16(8-11-18)21-19(26)15(4)28-20-22-23-24-25(20)17-9-6-13(2)14(3)12-17/h6-12,15H,5H2,1-4H3,(H,21,26)/t15-/m0/s1. The number of thioether (sulfide) groups is 1. The molecular weight excluding hydrogens is 374 g/mol. The third-order valence-corrected chi connectivity index (χ3v) is 5.29. The number of benzene rings is 2. The van der Waals surface area contributed by atoms with Crippen LogP contribution in [0.25, 0.3) is 5.69 Å². The Balaban J connectivity index is 1.67. The molecule has 3 rings (SSSR count). The Hall–Kier alpha value is -2.87. The molecule has 0 bridgehead atoms. The molecule has 146 valence electrons. The maximum Gasteiger partial charge on any atom is 0.237 e. The van der Waals surface area contributed by atoms with Gasteiger partial charge in [0, 0.05) is 5.69 Å². The lowest BCUT2D eigenvalue weighted by Gasteiger charge is -2.12. The molecule has 8 heteroatoms. The number of nitrogens with zero attached hydrogens (tertiary/aromatic N) is 4. The highest BCUT2D eigenvalue weighted by molar-refractivity contribution is 8.00. The van der Waals surface area contributed by atoms with Crippen molar-refractivity contribution < 1.29 is 9.53 Å². The van der Waals surface area contributed by atoms with Gasteiger partial charge in [-0.3, -0.25) is 4.79 Å². The molecule has 3 aromatic rings. The molecule has 0 saturated heterocycles. The molecule has 1 aromatic heterocycles. The molecule has 7 nitrogen and oxygen atoms in total. The molecule has 2 aromatic carbocycles. The zero-order valence-electron chi connectivity index (χ0n) is 16.3. The predicted octanol–water partition coefficient (Wildman–Crippen LogP) is 3.80. The number of anilines is 1. The molecule has 0 aliphatic heterocycles. The fraction of sp³-hybridized carbons (Fsp3) is 0.300. The van der Waals surface area contributed by atoms with Crippen LogP contribution in [0.15, 0.2) is 47.6 Å². The van der Waals surface area contributed by atoms with Gasteiger partial charge in [0.05, 0.1) is 17.5 Å². The highest BCUT2D eigenvalue weighted by atomic mass is 32.2. The maximum absolute atomic E-state index is 12.6. The van der Waals surface area contributed by atoms with Crippen molar-refractivity contribution in [3.63, 3.8) is 0 Å². The van der Waals surface area contributed by atoms with Gasteiger partial charge >= 0.3 is 0 Å². The number of rotatable bonds is 7. The molecular formula is C20H23N5O2S. The summed E-state index contributed by atoms with van der Waals surface area (Å²) < 4.78 is 7.06. The zero-order chi connectivity index (χ0) is 20.1. The Morgan fingerprint density at radius 3 is 2.61 bits per heavy atom. The molecule has 1 atom stereocenters. The molecule has 0 aliphatic carbocycles. The SMILES string of the molecule is CCOc1ccc(NC(=O)[C@H](C)Sc2nnnn2-c2ccc(C)c(C)c2)cc1. The van der Waals surface area contributed by atoms with Gasteiger partial charge in [-0.1, -0.05) is 17.8 Å². The largest absolute Gasteiger partial charge is 0.494 e. The highest BCUT2D eigenvalue weighted by Gasteiger charge is 2.19. The van der Waals surface area contributed by atoms with Crippen molar-refractivity contribution in [2.75, 3.05) is 11.9 Å². The predicted molar refractivity (Wildman–Crippen MR) is 110 cm³/mol. The molecule has 0 saturated carbocycles. The van der Waals surface area contributed by atoms with E-state index in [1.54, 1.807) is 4.68 Å². The Labute approximate surface area is 168 Å². The smallest absolute Gasteiger partial charge is 0.237 e. The number of tetrazole rings is 1. The number of ether oxygens (including phenoxy) is 1. The molecule has 1 amide bonds. The van der Waals surface area contributed by atoms with Gasteiger partial charge in [-0.2, -0.15) is 4.68 Å². The van der Waals surface area contributed by atoms with Gasteiger partial charge in [-0.15, -0.1) is 5.10 Å². The van der Waals surface area contributed by atoms with Crippen LogP contribution in [-0.4, -0.2) is 38.0 Å². The summed E-state index contributed by atoms with van der Waals surface area (Å²) in [5, 5.41) is 15.0. The molecule has 0 aliphatic rings. The Morgan fingerprint density at radius 2 is 1.93 bits per heavy atom. The minimum absolute atomic E-state index is 0.121. The first-order valence-corrected chi connectivity index (χ1v) is 9.92. The second-order valence-electron chi connectivity index (χ2n) is 6.35. The number of carbonyl (C=O) groups is 1. The number of carbonyl (C=O) groups excluding carboxylic acids is 1. The Morgan fingerprint density at radius 1 is 1.18 bits per heavy atom. The van der Waals surface area contributed by atoms with Crippen molar-refractivity contribution in [3.8, 4) is 11.4 Å². The minimum Gasteiger partial charge on any atom is -0.494 e. The highest BCUT2D eigenvalue weighted by Crippen LogP contribution is 2.25. The van der Waals surface area contributed by atoms with E-state index in [0.717, 1.165) is 22.7 Å². The van der Waals surface area contributed by atoms with E-state index in [-0.39, 0.29) is 11.2 Å². The number of aromatic nitrogens is 4. The Bertz CT molecular complexity index is 955. The van der Waals surface area contributed by atoms with E-state index < -0.39 is 0 Å². The summed E-state index contributed by atoms with van der Waals surface area (Å²) in [5.41, 5.74) is 3.95. The van der Waals surface area contributed by atoms with Crippen LogP contribution in [0.4, 0.5) is 5.69 Å². The van der Waals surface area contributed by atoms with Crippen LogP contribution in [0.1, 0.15) is 25.0 Å². The number of nitrogens with one attached hydrogen (secondary N) is 1. The quantitative estimate of drug-likeness (QED) is 0.611. The van der Waals surface area contributed by atoms with E-state index in [4.69, 9.17) is 4.74 Å². The van der Waals surface area contributed by atoms with E-state index in [0.29, 0.717) is 11.8 Å². The maximum atomic E-state index is 12.6. The zero-order valence-corrected chi connectivity index (χ0v) is 17.2. The van der Waals surface area contributed by atoms with Crippen LogP contribution >= 0.6 is 11.8 Å². The number of hydrogen-bond donors (Lipinski definition) is 1. The summed E-state index contributed by atoms with van der Waals surface area (Å²) in [5.74, 6) is 0.652. The lowest BCUT2D eigenvalue weighted by Crippen LogP contribution is -2.22. The van der Waals surface area contributed by atoms with Gasteiger partial charge in [-0.25, -0.2) is 0 Å². The first-order valence-electron chi connectivity index (χ1n) is 9.04. The fourth-order valence-corrected chi connectivity index (χ4v) is 3.34. The average molecular weight is 398 g/mol. The van der Waals surface area contributed by atoms with E-state index in [9.17, 15) is 4.79 Å². The fourth-order valence-electron chi connectivity index (χ4n) is 2.53.